The topological polar surface area (TPSA) is 122 Å². The number of benzene rings is 2. The Kier molecular flexibility index (Phi) is 7.39. The van der Waals surface area contributed by atoms with Crippen LogP contribution in [0.2, 0.25) is 0 Å². The maximum absolute atomic E-state index is 12.7. The van der Waals surface area contributed by atoms with Gasteiger partial charge in [0.05, 0.1) is 33.3 Å². The molecule has 0 N–H and O–H groups in total. The highest BCUT2D eigenvalue weighted by Gasteiger charge is 2.22. The monoisotopic (exact) mass is 494 g/mol. The molecule has 3 aromatic rings. The molecule has 1 amide bonds. The van der Waals surface area contributed by atoms with Gasteiger partial charge in [0.25, 0.3) is 5.91 Å². The third kappa shape index (κ3) is 5.17. The van der Waals surface area contributed by atoms with Gasteiger partial charge in [-0.3, -0.25) is 9.59 Å². The molecule has 33 heavy (non-hydrogen) atoms. The second-order valence-corrected chi connectivity index (χ2v) is 9.60. The molecule has 1 aromatic heterocycles. The molecule has 176 valence electrons. The zero-order valence-electron chi connectivity index (χ0n) is 18.4. The summed E-state index contributed by atoms with van der Waals surface area (Å²) in [5.41, 5.74) is 0.469. The summed E-state index contributed by atoms with van der Waals surface area (Å²) in [4.78, 5) is 28.8. The van der Waals surface area contributed by atoms with Crippen molar-refractivity contribution in [1.82, 2.24) is 4.57 Å². The van der Waals surface area contributed by atoms with E-state index in [9.17, 15) is 18.0 Å². The molecule has 1 heterocycles. The van der Waals surface area contributed by atoms with E-state index in [1.807, 2.05) is 0 Å². The molecule has 0 spiro atoms. The number of fused-ring (bicyclic) bond motifs is 1. The van der Waals surface area contributed by atoms with Gasteiger partial charge in [-0.2, -0.15) is 4.99 Å². The van der Waals surface area contributed by atoms with Gasteiger partial charge in [0.15, 0.2) is 14.6 Å². The van der Waals surface area contributed by atoms with Crippen molar-refractivity contribution in [3.63, 3.8) is 0 Å². The first-order valence-corrected chi connectivity index (χ1v) is 12.0. The number of amides is 1. The van der Waals surface area contributed by atoms with Crippen LogP contribution in [0.1, 0.15) is 0 Å². The van der Waals surface area contributed by atoms with Crippen molar-refractivity contribution in [3.05, 3.63) is 41.2 Å². The van der Waals surface area contributed by atoms with Gasteiger partial charge in [-0.25, -0.2) is 8.42 Å². The molecule has 0 aliphatic rings. The summed E-state index contributed by atoms with van der Waals surface area (Å²) in [5, 5.41) is 0. The number of rotatable bonds is 8. The summed E-state index contributed by atoms with van der Waals surface area (Å²) < 4.78 is 47.9. The van der Waals surface area contributed by atoms with E-state index in [2.05, 4.69) is 4.99 Å². The van der Waals surface area contributed by atoms with E-state index in [1.165, 1.54) is 57.3 Å². The Bertz CT molecular complexity index is 1360. The molecule has 0 fully saturated rings. The molecule has 0 saturated heterocycles. The van der Waals surface area contributed by atoms with Crippen molar-refractivity contribution < 1.29 is 37.0 Å². The average molecular weight is 495 g/mol. The predicted molar refractivity (Wildman–Crippen MR) is 121 cm³/mol. The molecule has 10 nitrogen and oxygen atoms in total. The summed E-state index contributed by atoms with van der Waals surface area (Å²) in [6.45, 7) is -0.266. The number of aromatic nitrogens is 1. The Hall–Kier alpha value is -3.38. The first-order chi connectivity index (χ1) is 15.7. The summed E-state index contributed by atoms with van der Waals surface area (Å²) in [7, 11) is 1.70. The standard InChI is InChI=1S/C21H22N2O8S2/c1-28-13-5-7-14(8-6-13)33(26,27)12-17(24)22-21-23(11-18(25)31-4)19-15(29-2)9-10-16(30-3)20(19)32-21/h5-10H,11-12H2,1-4H3. The Morgan fingerprint density at radius 3 is 2.15 bits per heavy atom. The van der Waals surface area contributed by atoms with Crippen molar-refractivity contribution >= 4 is 43.3 Å². The van der Waals surface area contributed by atoms with Gasteiger partial charge in [-0.05, 0) is 36.4 Å². The number of ether oxygens (including phenoxy) is 4. The van der Waals surface area contributed by atoms with Gasteiger partial charge in [-0.15, -0.1) is 0 Å². The maximum atomic E-state index is 12.7. The van der Waals surface area contributed by atoms with E-state index in [-0.39, 0.29) is 16.2 Å². The van der Waals surface area contributed by atoms with E-state index in [0.29, 0.717) is 27.5 Å². The van der Waals surface area contributed by atoms with Crippen LogP contribution in [-0.4, -0.2) is 59.1 Å². The number of hydrogen-bond acceptors (Lipinski definition) is 9. The molecule has 0 bridgehead atoms. The van der Waals surface area contributed by atoms with E-state index in [0.717, 1.165) is 11.3 Å². The quantitative estimate of drug-likeness (QED) is 0.435. The van der Waals surface area contributed by atoms with Crippen LogP contribution in [0.5, 0.6) is 17.2 Å². The highest BCUT2D eigenvalue weighted by atomic mass is 32.2. The lowest BCUT2D eigenvalue weighted by Gasteiger charge is -2.09. The Labute approximate surface area is 193 Å². The molecular formula is C21H22N2O8S2. The summed E-state index contributed by atoms with van der Waals surface area (Å²) in [6, 6.07) is 9.02. The second kappa shape index (κ2) is 10.0. The SMILES string of the molecule is COC(=O)Cn1c(=NC(=O)CS(=O)(=O)c2ccc(OC)cc2)sc2c(OC)ccc(OC)c21. The minimum atomic E-state index is -3.95. The predicted octanol–water partition coefficient (Wildman–Crippen LogP) is 1.80. The molecule has 2 aromatic carbocycles. The van der Waals surface area contributed by atoms with Gasteiger partial charge in [0, 0.05) is 0 Å². The molecule has 3 rings (SSSR count). The number of esters is 1. The van der Waals surface area contributed by atoms with Crippen LogP contribution >= 0.6 is 11.3 Å². The zero-order valence-corrected chi connectivity index (χ0v) is 20.0. The minimum absolute atomic E-state index is 0.0334. The number of carbonyl (C=O) groups excluding carboxylic acids is 2. The van der Waals surface area contributed by atoms with Crippen molar-refractivity contribution in [2.45, 2.75) is 11.4 Å². The van der Waals surface area contributed by atoms with Crippen LogP contribution in [0, 0.1) is 0 Å². The van der Waals surface area contributed by atoms with Gasteiger partial charge in [0.1, 0.15) is 39.8 Å². The van der Waals surface area contributed by atoms with Crippen LogP contribution in [-0.2, 0) is 30.7 Å². The van der Waals surface area contributed by atoms with E-state index >= 15 is 0 Å². The van der Waals surface area contributed by atoms with Crippen LogP contribution in [0.3, 0.4) is 0 Å². The first kappa shape index (κ1) is 24.3. The Morgan fingerprint density at radius 2 is 1.58 bits per heavy atom. The van der Waals surface area contributed by atoms with Crippen LogP contribution in [0.4, 0.5) is 0 Å². The van der Waals surface area contributed by atoms with Gasteiger partial charge in [0.2, 0.25) is 0 Å². The fraction of sp³-hybridized carbons (Fsp3) is 0.286. The molecule has 0 radical (unpaired) electrons. The lowest BCUT2D eigenvalue weighted by molar-refractivity contribution is -0.141. The number of sulfone groups is 1. The van der Waals surface area contributed by atoms with Crippen molar-refractivity contribution in [2.24, 2.45) is 4.99 Å². The van der Waals surface area contributed by atoms with Gasteiger partial charge in [-0.1, -0.05) is 11.3 Å². The Morgan fingerprint density at radius 1 is 0.939 bits per heavy atom. The lowest BCUT2D eigenvalue weighted by Crippen LogP contribution is -2.24. The van der Waals surface area contributed by atoms with Crippen LogP contribution in [0.25, 0.3) is 10.2 Å². The maximum Gasteiger partial charge on any atom is 0.325 e. The average Bonchev–Trinajstić information content (AvgIpc) is 3.15. The molecule has 0 unspecified atom stereocenters. The minimum Gasteiger partial charge on any atom is -0.497 e. The highest BCUT2D eigenvalue weighted by Crippen LogP contribution is 2.35. The molecule has 0 aliphatic heterocycles. The van der Waals surface area contributed by atoms with Gasteiger partial charge < -0.3 is 23.5 Å². The van der Waals surface area contributed by atoms with Crippen LogP contribution < -0.4 is 19.0 Å². The third-order valence-electron chi connectivity index (χ3n) is 4.66. The summed E-state index contributed by atoms with van der Waals surface area (Å²) >= 11 is 1.06. The number of carbonyl (C=O) groups is 2. The number of methoxy groups -OCH3 is 4. The summed E-state index contributed by atoms with van der Waals surface area (Å²) in [6.07, 6.45) is 0. The smallest absolute Gasteiger partial charge is 0.325 e. The molecule has 0 saturated carbocycles. The number of nitrogens with zero attached hydrogens (tertiary/aromatic N) is 2. The largest absolute Gasteiger partial charge is 0.497 e. The molecular weight excluding hydrogens is 472 g/mol. The van der Waals surface area contributed by atoms with E-state index < -0.39 is 27.5 Å². The fourth-order valence-electron chi connectivity index (χ4n) is 3.05. The molecule has 0 aliphatic carbocycles. The van der Waals surface area contributed by atoms with E-state index in [1.54, 1.807) is 12.1 Å². The normalized spacial score (nSPS) is 11.9. The first-order valence-electron chi connectivity index (χ1n) is 9.49. The number of hydrogen-bond donors (Lipinski definition) is 0. The highest BCUT2D eigenvalue weighted by molar-refractivity contribution is 7.92. The van der Waals surface area contributed by atoms with Crippen molar-refractivity contribution in [1.29, 1.82) is 0 Å². The van der Waals surface area contributed by atoms with Crippen molar-refractivity contribution in [2.75, 3.05) is 34.2 Å². The van der Waals surface area contributed by atoms with Gasteiger partial charge >= 0.3 is 5.97 Å². The van der Waals surface area contributed by atoms with Crippen LogP contribution in [0.15, 0.2) is 46.3 Å². The fourth-order valence-corrected chi connectivity index (χ4v) is 5.31. The molecule has 12 heteroatoms. The second-order valence-electron chi connectivity index (χ2n) is 6.63. The van der Waals surface area contributed by atoms with Crippen molar-refractivity contribution in [3.8, 4) is 17.2 Å². The van der Waals surface area contributed by atoms with E-state index in [4.69, 9.17) is 18.9 Å². The zero-order chi connectivity index (χ0) is 24.2. The number of thiazole rings is 1. The third-order valence-corrected chi connectivity index (χ3v) is 7.37. The lowest BCUT2D eigenvalue weighted by atomic mass is 10.3. The summed E-state index contributed by atoms with van der Waals surface area (Å²) in [5.74, 6) is -0.935. The molecule has 0 atom stereocenters. The Balaban J connectivity index is 2.08.